The zero-order chi connectivity index (χ0) is 13.3. The first-order valence-electron chi connectivity index (χ1n) is 5.75. The summed E-state index contributed by atoms with van der Waals surface area (Å²) >= 11 is 1.42. The molecule has 0 aliphatic heterocycles. The molecule has 2 aromatic rings. The van der Waals surface area contributed by atoms with Crippen LogP contribution in [0.4, 0.5) is 8.78 Å². The molecule has 4 heteroatoms. The van der Waals surface area contributed by atoms with E-state index in [4.69, 9.17) is 0 Å². The van der Waals surface area contributed by atoms with Crippen molar-refractivity contribution < 1.29 is 13.9 Å². The molecule has 0 saturated heterocycles. The van der Waals surface area contributed by atoms with E-state index in [1.54, 1.807) is 6.07 Å². The van der Waals surface area contributed by atoms with Gasteiger partial charge < -0.3 is 5.11 Å². The summed E-state index contributed by atoms with van der Waals surface area (Å²) in [4.78, 5) is 1.74. The van der Waals surface area contributed by atoms with Crippen LogP contribution in [0, 0.1) is 18.6 Å². The lowest BCUT2D eigenvalue weighted by molar-refractivity contribution is 0.218. The van der Waals surface area contributed by atoms with Gasteiger partial charge in [0.25, 0.3) is 0 Å². The minimum atomic E-state index is -1.11. The van der Waals surface area contributed by atoms with Crippen LogP contribution in [0.3, 0.4) is 0 Å². The second kappa shape index (κ2) is 5.16. The molecule has 18 heavy (non-hydrogen) atoms. The van der Waals surface area contributed by atoms with Gasteiger partial charge in [0.15, 0.2) is 0 Å². The van der Waals surface area contributed by atoms with Gasteiger partial charge >= 0.3 is 0 Å². The highest BCUT2D eigenvalue weighted by molar-refractivity contribution is 7.12. The predicted molar refractivity (Wildman–Crippen MR) is 68.9 cm³/mol. The molecule has 0 amide bonds. The maximum Gasteiger partial charge on any atom is 0.129 e. The number of halogens is 2. The summed E-state index contributed by atoms with van der Waals surface area (Å²) in [6.07, 6.45) is -0.243. The van der Waals surface area contributed by atoms with Crippen molar-refractivity contribution in [1.82, 2.24) is 0 Å². The van der Waals surface area contributed by atoms with E-state index in [2.05, 4.69) is 0 Å². The maximum atomic E-state index is 13.7. The van der Waals surface area contributed by atoms with Crippen LogP contribution >= 0.6 is 11.3 Å². The standard InChI is InChI=1S/C14H14F2OS/c1-3-9-4-5-13(18-9)14(17)10-7-11(15)8(2)6-12(10)16/h4-7,14,17H,3H2,1-2H3. The SMILES string of the molecule is CCc1ccc(C(O)c2cc(F)c(C)cc2F)s1. The summed E-state index contributed by atoms with van der Waals surface area (Å²) in [5, 5.41) is 10.1. The molecule has 2 rings (SSSR count). The first-order chi connectivity index (χ1) is 8.52. The van der Waals surface area contributed by atoms with E-state index in [0.29, 0.717) is 4.88 Å². The Morgan fingerprint density at radius 1 is 1.22 bits per heavy atom. The Kier molecular flexibility index (Phi) is 3.78. The quantitative estimate of drug-likeness (QED) is 0.892. The zero-order valence-electron chi connectivity index (χ0n) is 10.2. The maximum absolute atomic E-state index is 13.7. The molecular weight excluding hydrogens is 254 g/mol. The van der Waals surface area contributed by atoms with E-state index in [9.17, 15) is 13.9 Å². The van der Waals surface area contributed by atoms with E-state index < -0.39 is 17.7 Å². The molecule has 0 fully saturated rings. The van der Waals surface area contributed by atoms with Gasteiger partial charge in [0.05, 0.1) is 0 Å². The van der Waals surface area contributed by atoms with Crippen LogP contribution in [0.25, 0.3) is 0 Å². The summed E-state index contributed by atoms with van der Waals surface area (Å²) in [5.74, 6) is -1.08. The average Bonchev–Trinajstić information content (AvgIpc) is 2.81. The van der Waals surface area contributed by atoms with Gasteiger partial charge in [-0.2, -0.15) is 0 Å². The van der Waals surface area contributed by atoms with E-state index in [-0.39, 0.29) is 11.1 Å². The fourth-order valence-corrected chi connectivity index (χ4v) is 2.71. The van der Waals surface area contributed by atoms with Gasteiger partial charge in [-0.3, -0.25) is 0 Å². The van der Waals surface area contributed by atoms with Crippen LogP contribution in [0.5, 0.6) is 0 Å². The number of rotatable bonds is 3. The monoisotopic (exact) mass is 268 g/mol. The largest absolute Gasteiger partial charge is 0.383 e. The van der Waals surface area contributed by atoms with Crippen molar-refractivity contribution in [2.24, 2.45) is 0 Å². The zero-order valence-corrected chi connectivity index (χ0v) is 11.0. The van der Waals surface area contributed by atoms with Crippen molar-refractivity contribution >= 4 is 11.3 Å². The molecule has 1 aromatic carbocycles. The van der Waals surface area contributed by atoms with Gasteiger partial charge in [-0.05, 0) is 43.2 Å². The fraction of sp³-hybridized carbons (Fsp3) is 0.286. The highest BCUT2D eigenvalue weighted by Gasteiger charge is 2.18. The predicted octanol–water partition coefficient (Wildman–Crippen LogP) is 3.98. The number of hydrogen-bond acceptors (Lipinski definition) is 2. The van der Waals surface area contributed by atoms with Crippen LogP contribution in [0.15, 0.2) is 24.3 Å². The van der Waals surface area contributed by atoms with Gasteiger partial charge in [0.1, 0.15) is 17.7 Å². The Bertz CT molecular complexity index is 563. The van der Waals surface area contributed by atoms with Gasteiger partial charge in [-0.1, -0.05) is 6.92 Å². The van der Waals surface area contributed by atoms with Crippen molar-refractivity contribution in [3.05, 3.63) is 56.8 Å². The van der Waals surface area contributed by atoms with Crippen molar-refractivity contribution in [2.75, 3.05) is 0 Å². The van der Waals surface area contributed by atoms with Crippen molar-refractivity contribution in [3.63, 3.8) is 0 Å². The summed E-state index contributed by atoms with van der Waals surface area (Å²) in [6, 6.07) is 5.83. The number of aryl methyl sites for hydroxylation is 2. The average molecular weight is 268 g/mol. The Balaban J connectivity index is 2.39. The minimum Gasteiger partial charge on any atom is -0.383 e. The normalized spacial score (nSPS) is 12.7. The molecule has 0 saturated carbocycles. The second-order valence-electron chi connectivity index (χ2n) is 4.18. The van der Waals surface area contributed by atoms with Crippen LogP contribution < -0.4 is 0 Å². The lowest BCUT2D eigenvalue weighted by atomic mass is 10.0. The summed E-state index contributed by atoms with van der Waals surface area (Å²) in [5.41, 5.74) is 0.228. The molecule has 1 aromatic heterocycles. The van der Waals surface area contributed by atoms with Gasteiger partial charge in [0.2, 0.25) is 0 Å². The lowest BCUT2D eigenvalue weighted by Crippen LogP contribution is -2.02. The van der Waals surface area contributed by atoms with Crippen LogP contribution in [-0.2, 0) is 6.42 Å². The van der Waals surface area contributed by atoms with Crippen molar-refractivity contribution in [2.45, 2.75) is 26.4 Å². The summed E-state index contributed by atoms with van der Waals surface area (Å²) in [6.45, 7) is 3.50. The highest BCUT2D eigenvalue weighted by Crippen LogP contribution is 2.31. The molecule has 0 spiro atoms. The molecule has 1 N–H and O–H groups in total. The third kappa shape index (κ3) is 2.44. The molecule has 0 bridgehead atoms. The molecule has 0 aliphatic carbocycles. The summed E-state index contributed by atoms with van der Waals surface area (Å²) in [7, 11) is 0. The Labute approximate surface area is 109 Å². The number of benzene rings is 1. The van der Waals surface area contributed by atoms with E-state index >= 15 is 0 Å². The van der Waals surface area contributed by atoms with E-state index in [1.807, 2.05) is 13.0 Å². The smallest absolute Gasteiger partial charge is 0.129 e. The van der Waals surface area contributed by atoms with Crippen molar-refractivity contribution in [1.29, 1.82) is 0 Å². The second-order valence-corrected chi connectivity index (χ2v) is 5.38. The minimum absolute atomic E-state index is 0.0115. The Hall–Kier alpha value is -1.26. The van der Waals surface area contributed by atoms with Crippen molar-refractivity contribution in [3.8, 4) is 0 Å². The Morgan fingerprint density at radius 3 is 2.56 bits per heavy atom. The van der Waals surface area contributed by atoms with Gasteiger partial charge in [0, 0.05) is 15.3 Å². The van der Waals surface area contributed by atoms with Gasteiger partial charge in [-0.15, -0.1) is 11.3 Å². The molecule has 96 valence electrons. The number of aliphatic hydroxyl groups is 1. The molecule has 1 unspecified atom stereocenters. The molecule has 0 aliphatic rings. The molecule has 1 atom stereocenters. The summed E-state index contributed by atoms with van der Waals surface area (Å²) < 4.78 is 27.2. The lowest BCUT2D eigenvalue weighted by Gasteiger charge is -2.11. The molecule has 1 heterocycles. The number of aliphatic hydroxyl groups excluding tert-OH is 1. The fourth-order valence-electron chi connectivity index (χ4n) is 1.76. The van der Waals surface area contributed by atoms with E-state index in [0.717, 1.165) is 23.4 Å². The van der Waals surface area contributed by atoms with Crippen LogP contribution in [0.2, 0.25) is 0 Å². The van der Waals surface area contributed by atoms with E-state index in [1.165, 1.54) is 18.3 Å². The molecule has 1 nitrogen and oxygen atoms in total. The first-order valence-corrected chi connectivity index (χ1v) is 6.56. The Morgan fingerprint density at radius 2 is 1.94 bits per heavy atom. The van der Waals surface area contributed by atoms with Crippen LogP contribution in [0.1, 0.15) is 33.9 Å². The topological polar surface area (TPSA) is 20.2 Å². The third-order valence-corrected chi connectivity index (χ3v) is 4.15. The first kappa shape index (κ1) is 13.2. The number of hydrogen-bond donors (Lipinski definition) is 1. The highest BCUT2D eigenvalue weighted by atomic mass is 32.1. The third-order valence-electron chi connectivity index (χ3n) is 2.87. The van der Waals surface area contributed by atoms with Gasteiger partial charge in [-0.25, -0.2) is 8.78 Å². The van der Waals surface area contributed by atoms with Crippen LogP contribution in [-0.4, -0.2) is 5.11 Å². The number of thiophene rings is 1. The molecule has 0 radical (unpaired) electrons. The molecular formula is C14H14F2OS.